The zero-order valence-corrected chi connectivity index (χ0v) is 18.6. The van der Waals surface area contributed by atoms with Crippen molar-refractivity contribution in [3.8, 4) is 6.07 Å². The molecule has 0 aliphatic carbocycles. The van der Waals surface area contributed by atoms with Gasteiger partial charge in [0.25, 0.3) is 0 Å². The van der Waals surface area contributed by atoms with Crippen molar-refractivity contribution in [1.29, 1.82) is 5.26 Å². The van der Waals surface area contributed by atoms with Gasteiger partial charge in [-0.25, -0.2) is 9.48 Å². The Kier molecular flexibility index (Phi) is 6.01. The predicted octanol–water partition coefficient (Wildman–Crippen LogP) is 5.04. The first kappa shape index (κ1) is 21.4. The molecule has 2 aliphatic heterocycles. The summed E-state index contributed by atoms with van der Waals surface area (Å²) in [5.41, 5.74) is 2.91. The van der Waals surface area contributed by atoms with E-state index in [4.69, 9.17) is 14.6 Å². The zero-order valence-electron chi connectivity index (χ0n) is 18.6. The molecule has 31 heavy (non-hydrogen) atoms. The van der Waals surface area contributed by atoms with E-state index in [1.54, 1.807) is 4.90 Å². The van der Waals surface area contributed by atoms with Crippen molar-refractivity contribution in [3.05, 3.63) is 35.5 Å². The van der Waals surface area contributed by atoms with Crippen LogP contribution in [0.1, 0.15) is 64.7 Å². The topological polar surface area (TPSA) is 80.4 Å². The molecule has 1 aromatic heterocycles. The SMILES string of the molecule is CC(C)(C)OC(=O)N1CCC(=C(C#N)c2cccc3cn(C4CCCCO4)nc23)CC1. The first-order valence-corrected chi connectivity index (χ1v) is 11.1. The smallest absolute Gasteiger partial charge is 0.410 e. The summed E-state index contributed by atoms with van der Waals surface area (Å²) in [6.07, 6.45) is 6.18. The van der Waals surface area contributed by atoms with Crippen molar-refractivity contribution in [2.75, 3.05) is 19.7 Å². The van der Waals surface area contributed by atoms with Crippen molar-refractivity contribution < 1.29 is 14.3 Å². The van der Waals surface area contributed by atoms with Gasteiger partial charge >= 0.3 is 6.09 Å². The van der Waals surface area contributed by atoms with Gasteiger partial charge < -0.3 is 14.4 Å². The first-order valence-electron chi connectivity index (χ1n) is 11.1. The Morgan fingerprint density at radius 1 is 1.26 bits per heavy atom. The van der Waals surface area contributed by atoms with Crippen molar-refractivity contribution >= 4 is 22.6 Å². The number of likely N-dealkylation sites (tertiary alicyclic amines) is 1. The van der Waals surface area contributed by atoms with Crippen LogP contribution in [-0.4, -0.2) is 46.1 Å². The number of carbonyl (C=O) groups is 1. The highest BCUT2D eigenvalue weighted by Gasteiger charge is 2.27. The van der Waals surface area contributed by atoms with Crippen molar-refractivity contribution in [1.82, 2.24) is 14.7 Å². The summed E-state index contributed by atoms with van der Waals surface area (Å²) in [6, 6.07) is 8.38. The van der Waals surface area contributed by atoms with Gasteiger partial charge in [-0.05, 0) is 58.4 Å². The molecule has 4 rings (SSSR count). The lowest BCUT2D eigenvalue weighted by Gasteiger charge is -2.31. The second-order valence-corrected chi connectivity index (χ2v) is 9.23. The van der Waals surface area contributed by atoms with E-state index in [1.165, 1.54) is 0 Å². The molecular weight excluding hydrogens is 392 g/mol. The van der Waals surface area contributed by atoms with E-state index in [1.807, 2.05) is 49.8 Å². The number of hydrogen-bond donors (Lipinski definition) is 0. The van der Waals surface area contributed by atoms with Gasteiger partial charge in [0.1, 0.15) is 17.3 Å². The Morgan fingerprint density at radius 3 is 2.68 bits per heavy atom. The molecular formula is C24H30N4O3. The molecule has 7 nitrogen and oxygen atoms in total. The number of benzene rings is 1. The van der Waals surface area contributed by atoms with Gasteiger partial charge in [-0.2, -0.15) is 10.4 Å². The molecule has 7 heteroatoms. The van der Waals surface area contributed by atoms with Crippen molar-refractivity contribution in [2.45, 2.75) is 64.7 Å². The molecule has 1 aromatic carbocycles. The Bertz CT molecular complexity index is 1030. The second-order valence-electron chi connectivity index (χ2n) is 9.23. The number of allylic oxidation sites excluding steroid dienone is 1. The first-order chi connectivity index (χ1) is 14.9. The van der Waals surface area contributed by atoms with Crippen LogP contribution in [0.2, 0.25) is 0 Å². The largest absolute Gasteiger partial charge is 0.444 e. The lowest BCUT2D eigenvalue weighted by Crippen LogP contribution is -2.40. The molecule has 1 amide bonds. The fraction of sp³-hybridized carbons (Fsp3) is 0.542. The quantitative estimate of drug-likeness (QED) is 0.633. The molecule has 0 bridgehead atoms. The van der Waals surface area contributed by atoms with E-state index in [0.717, 1.165) is 47.9 Å². The second kappa shape index (κ2) is 8.72. The minimum atomic E-state index is -0.512. The van der Waals surface area contributed by atoms with Crippen LogP contribution >= 0.6 is 0 Å². The molecule has 2 aromatic rings. The normalized spacial score (nSPS) is 19.9. The molecule has 2 fully saturated rings. The van der Waals surface area contributed by atoms with E-state index in [0.29, 0.717) is 31.5 Å². The maximum Gasteiger partial charge on any atom is 0.410 e. The van der Waals surface area contributed by atoms with E-state index < -0.39 is 5.60 Å². The van der Waals surface area contributed by atoms with Gasteiger partial charge in [-0.3, -0.25) is 0 Å². The molecule has 1 unspecified atom stereocenters. The maximum absolute atomic E-state index is 12.4. The summed E-state index contributed by atoms with van der Waals surface area (Å²) in [7, 11) is 0. The number of amides is 1. The molecule has 0 saturated carbocycles. The van der Waals surface area contributed by atoms with Crippen LogP contribution in [0.25, 0.3) is 16.5 Å². The van der Waals surface area contributed by atoms with Crippen LogP contribution in [0.15, 0.2) is 30.0 Å². The monoisotopic (exact) mass is 422 g/mol. The summed E-state index contributed by atoms with van der Waals surface area (Å²) in [6.45, 7) is 7.46. The minimum Gasteiger partial charge on any atom is -0.444 e. The standard InChI is InChI=1S/C24H30N4O3/c1-24(2,3)31-23(29)27-12-10-17(11-13-27)20(15-25)19-8-6-7-18-16-28(26-22(18)19)21-9-4-5-14-30-21/h6-8,16,21H,4-5,9-14H2,1-3H3. The lowest BCUT2D eigenvalue weighted by molar-refractivity contribution is -0.0390. The number of aromatic nitrogens is 2. The summed E-state index contributed by atoms with van der Waals surface area (Å²) in [5, 5.41) is 15.8. The van der Waals surface area contributed by atoms with Crippen LogP contribution in [0.4, 0.5) is 4.79 Å². The van der Waals surface area contributed by atoms with Crippen LogP contribution in [-0.2, 0) is 9.47 Å². The fourth-order valence-corrected chi connectivity index (χ4v) is 4.21. The van der Waals surface area contributed by atoms with E-state index >= 15 is 0 Å². The number of nitrogens with zero attached hydrogens (tertiary/aromatic N) is 4. The van der Waals surface area contributed by atoms with Crippen LogP contribution < -0.4 is 0 Å². The van der Waals surface area contributed by atoms with Crippen LogP contribution in [0.3, 0.4) is 0 Å². The Labute approximate surface area is 183 Å². The zero-order chi connectivity index (χ0) is 22.0. The molecule has 0 radical (unpaired) electrons. The third-order valence-electron chi connectivity index (χ3n) is 5.76. The van der Waals surface area contributed by atoms with Crippen molar-refractivity contribution in [2.24, 2.45) is 0 Å². The van der Waals surface area contributed by atoms with E-state index in [9.17, 15) is 10.1 Å². The van der Waals surface area contributed by atoms with Gasteiger partial charge in [0.15, 0.2) is 0 Å². The number of nitriles is 1. The van der Waals surface area contributed by atoms with Gasteiger partial charge in [0, 0.05) is 36.8 Å². The highest BCUT2D eigenvalue weighted by molar-refractivity contribution is 5.95. The van der Waals surface area contributed by atoms with E-state index in [-0.39, 0.29) is 12.3 Å². The molecule has 1 atom stereocenters. The van der Waals surface area contributed by atoms with Gasteiger partial charge in [0.05, 0.1) is 11.6 Å². The van der Waals surface area contributed by atoms with Crippen LogP contribution in [0, 0.1) is 11.3 Å². The Hall–Kier alpha value is -2.85. The minimum absolute atomic E-state index is 0.0377. The molecule has 3 heterocycles. The summed E-state index contributed by atoms with van der Waals surface area (Å²) >= 11 is 0. The Morgan fingerprint density at radius 2 is 2.03 bits per heavy atom. The highest BCUT2D eigenvalue weighted by Crippen LogP contribution is 2.32. The lowest BCUT2D eigenvalue weighted by atomic mass is 9.93. The average molecular weight is 423 g/mol. The number of fused-ring (bicyclic) bond motifs is 1. The summed E-state index contributed by atoms with van der Waals surface area (Å²) in [5.74, 6) is 0. The number of hydrogen-bond acceptors (Lipinski definition) is 5. The number of piperidine rings is 1. The third kappa shape index (κ3) is 4.75. The van der Waals surface area contributed by atoms with Gasteiger partial charge in [-0.15, -0.1) is 0 Å². The predicted molar refractivity (Wildman–Crippen MR) is 118 cm³/mol. The Balaban J connectivity index is 1.58. The third-order valence-corrected chi connectivity index (χ3v) is 5.76. The molecule has 2 aliphatic rings. The summed E-state index contributed by atoms with van der Waals surface area (Å²) < 4.78 is 13.3. The van der Waals surface area contributed by atoms with Gasteiger partial charge in [-0.1, -0.05) is 18.2 Å². The number of carbonyl (C=O) groups excluding carboxylic acids is 1. The molecule has 0 spiro atoms. The average Bonchev–Trinajstić information content (AvgIpc) is 3.19. The number of ether oxygens (including phenoxy) is 2. The van der Waals surface area contributed by atoms with Gasteiger partial charge in [0.2, 0.25) is 0 Å². The summed E-state index contributed by atoms with van der Waals surface area (Å²) in [4.78, 5) is 14.1. The molecule has 164 valence electrons. The van der Waals surface area contributed by atoms with Crippen molar-refractivity contribution in [3.63, 3.8) is 0 Å². The highest BCUT2D eigenvalue weighted by atomic mass is 16.6. The molecule has 0 N–H and O–H groups in total. The fourth-order valence-electron chi connectivity index (χ4n) is 4.21. The molecule has 2 saturated heterocycles. The number of rotatable bonds is 2. The maximum atomic E-state index is 12.4. The van der Waals surface area contributed by atoms with E-state index in [2.05, 4.69) is 6.07 Å². The van der Waals surface area contributed by atoms with Crippen LogP contribution in [0.5, 0.6) is 0 Å².